The molecular formula is C26H28F2N4O3. The molecule has 1 aromatic carbocycles. The maximum Gasteiger partial charge on any atom is 0.203 e. The lowest BCUT2D eigenvalue weighted by Crippen LogP contribution is -2.29. The first-order valence-corrected chi connectivity index (χ1v) is 11.3. The summed E-state index contributed by atoms with van der Waals surface area (Å²) in [5.41, 5.74) is 1.15. The smallest absolute Gasteiger partial charge is 0.203 e. The molecule has 4 rings (SSSR count). The Labute approximate surface area is 202 Å². The third-order valence-electron chi connectivity index (χ3n) is 5.63. The van der Waals surface area contributed by atoms with Crippen LogP contribution in [0.3, 0.4) is 0 Å². The molecular weight excluding hydrogens is 454 g/mol. The Morgan fingerprint density at radius 1 is 1.29 bits per heavy atom. The van der Waals surface area contributed by atoms with E-state index in [4.69, 9.17) is 4.74 Å². The number of hydrogen-bond acceptors (Lipinski definition) is 6. The summed E-state index contributed by atoms with van der Waals surface area (Å²) in [7, 11) is 0. The van der Waals surface area contributed by atoms with Crippen LogP contribution in [-0.4, -0.2) is 51.8 Å². The first kappa shape index (κ1) is 24.5. The van der Waals surface area contributed by atoms with Crippen molar-refractivity contribution in [2.45, 2.75) is 44.6 Å². The van der Waals surface area contributed by atoms with Gasteiger partial charge in [0.05, 0.1) is 11.3 Å². The van der Waals surface area contributed by atoms with E-state index in [-0.39, 0.29) is 23.6 Å². The normalized spacial score (nSPS) is 20.9. The summed E-state index contributed by atoms with van der Waals surface area (Å²) < 4.78 is 34.2. The van der Waals surface area contributed by atoms with Gasteiger partial charge in [0.25, 0.3) is 0 Å². The van der Waals surface area contributed by atoms with Crippen molar-refractivity contribution in [1.82, 2.24) is 15.1 Å². The highest BCUT2D eigenvalue weighted by atomic mass is 19.2. The average molecular weight is 483 g/mol. The molecule has 2 heterocycles. The van der Waals surface area contributed by atoms with Gasteiger partial charge in [-0.05, 0) is 43.7 Å². The second-order valence-electron chi connectivity index (χ2n) is 9.22. The zero-order valence-electron chi connectivity index (χ0n) is 19.8. The van der Waals surface area contributed by atoms with Crippen molar-refractivity contribution in [1.29, 1.82) is 0 Å². The summed E-state index contributed by atoms with van der Waals surface area (Å²) in [6, 6.07) is 8.98. The Bertz CT molecular complexity index is 1270. The molecule has 0 spiro atoms. The minimum atomic E-state index is -1.76. The molecule has 0 bridgehead atoms. The van der Waals surface area contributed by atoms with Gasteiger partial charge in [-0.15, -0.1) is 0 Å². The van der Waals surface area contributed by atoms with Gasteiger partial charge in [0.2, 0.25) is 5.43 Å². The number of amidine groups is 1. The summed E-state index contributed by atoms with van der Waals surface area (Å²) in [6.45, 7) is 5.70. The second kappa shape index (κ2) is 9.95. The van der Waals surface area contributed by atoms with Crippen molar-refractivity contribution in [3.8, 4) is 0 Å². The molecule has 9 heteroatoms. The van der Waals surface area contributed by atoms with Crippen molar-refractivity contribution in [3.05, 3.63) is 93.8 Å². The molecule has 3 unspecified atom stereocenters. The van der Waals surface area contributed by atoms with Crippen LogP contribution in [0, 0.1) is 0 Å². The molecule has 35 heavy (non-hydrogen) atoms. The fourth-order valence-electron chi connectivity index (χ4n) is 3.67. The number of halogens is 2. The standard InChI is InChI=1S/C26H28F2N4O3/c1-16(24-23(33)9-10-32(31-24)19-7-8-21(27)22(28)12-19)17-5-4-6-18(11-17)25-29-13-20(14-30-25)35-15-26(2,3)34/h4-13,16,21-22,34H,14-15H2,1-3H3,(H,29,30). The van der Waals surface area contributed by atoms with E-state index in [0.717, 1.165) is 23.3 Å². The van der Waals surface area contributed by atoms with Crippen molar-refractivity contribution < 1.29 is 18.6 Å². The van der Waals surface area contributed by atoms with Crippen LogP contribution in [0.5, 0.6) is 0 Å². The van der Waals surface area contributed by atoms with Crippen LogP contribution in [0.2, 0.25) is 0 Å². The third-order valence-corrected chi connectivity index (χ3v) is 5.63. The number of aliphatic imine (C=N–C) groups is 1. The van der Waals surface area contributed by atoms with E-state index in [2.05, 4.69) is 15.4 Å². The number of aliphatic hydroxyl groups is 1. The van der Waals surface area contributed by atoms with E-state index in [9.17, 15) is 18.7 Å². The van der Waals surface area contributed by atoms with E-state index in [1.165, 1.54) is 23.0 Å². The Hall–Kier alpha value is -3.59. The number of nitrogens with one attached hydrogen (secondary N) is 1. The third kappa shape index (κ3) is 5.92. The van der Waals surface area contributed by atoms with Crippen LogP contribution in [0.1, 0.15) is 43.5 Å². The maximum atomic E-state index is 13.8. The molecule has 3 atom stereocenters. The highest BCUT2D eigenvalue weighted by molar-refractivity contribution is 6.00. The summed E-state index contributed by atoms with van der Waals surface area (Å²) in [5.74, 6) is 0.916. The first-order chi connectivity index (χ1) is 16.6. The van der Waals surface area contributed by atoms with Crippen molar-refractivity contribution >= 4 is 11.5 Å². The molecule has 1 aliphatic carbocycles. The van der Waals surface area contributed by atoms with E-state index in [0.29, 0.717) is 23.8 Å². The lowest BCUT2D eigenvalue weighted by Gasteiger charge is -2.21. The summed E-state index contributed by atoms with van der Waals surface area (Å²) in [6.07, 6.45) is 3.46. The highest BCUT2D eigenvalue weighted by Gasteiger charge is 2.22. The van der Waals surface area contributed by atoms with E-state index in [1.807, 2.05) is 31.2 Å². The molecule has 2 aromatic rings. The number of rotatable bonds is 7. The van der Waals surface area contributed by atoms with Crippen molar-refractivity contribution in [3.63, 3.8) is 0 Å². The van der Waals surface area contributed by atoms with Crippen LogP contribution in [-0.2, 0) is 4.74 Å². The first-order valence-electron chi connectivity index (χ1n) is 11.3. The maximum absolute atomic E-state index is 13.8. The lowest BCUT2D eigenvalue weighted by molar-refractivity contribution is 0.00226. The number of hydrogen-bond donors (Lipinski definition) is 2. The monoisotopic (exact) mass is 482 g/mol. The fourth-order valence-corrected chi connectivity index (χ4v) is 3.67. The minimum absolute atomic E-state index is 0.160. The molecule has 0 radical (unpaired) electrons. The van der Waals surface area contributed by atoms with Gasteiger partial charge in [0.15, 0.2) is 12.3 Å². The lowest BCUT2D eigenvalue weighted by atomic mass is 9.95. The van der Waals surface area contributed by atoms with Crippen LogP contribution < -0.4 is 10.7 Å². The summed E-state index contributed by atoms with van der Waals surface area (Å²) >= 11 is 0. The molecule has 1 aromatic heterocycles. The van der Waals surface area contributed by atoms with E-state index < -0.39 is 17.9 Å². The molecule has 2 aliphatic rings. The van der Waals surface area contributed by atoms with Gasteiger partial charge in [-0.25, -0.2) is 13.5 Å². The van der Waals surface area contributed by atoms with E-state index >= 15 is 0 Å². The highest BCUT2D eigenvalue weighted by Crippen LogP contribution is 2.24. The predicted octanol–water partition coefficient (Wildman–Crippen LogP) is 3.46. The number of nitrogens with zero attached hydrogens (tertiary/aromatic N) is 3. The Morgan fingerprint density at radius 3 is 2.77 bits per heavy atom. The molecule has 184 valence electrons. The molecule has 2 N–H and O–H groups in total. The van der Waals surface area contributed by atoms with Gasteiger partial charge in [0.1, 0.15) is 30.4 Å². The van der Waals surface area contributed by atoms with Crippen LogP contribution in [0.25, 0.3) is 5.70 Å². The Kier molecular flexibility index (Phi) is 6.98. The average Bonchev–Trinajstić information content (AvgIpc) is 2.84. The quantitative estimate of drug-likeness (QED) is 0.631. The number of alkyl halides is 2. The Morgan fingerprint density at radius 2 is 2.09 bits per heavy atom. The molecule has 7 nitrogen and oxygen atoms in total. The number of ether oxygens (including phenoxy) is 1. The van der Waals surface area contributed by atoms with Crippen molar-refractivity contribution in [2.75, 3.05) is 13.2 Å². The molecule has 0 fully saturated rings. The van der Waals surface area contributed by atoms with Gasteiger partial charge < -0.3 is 15.2 Å². The molecule has 0 saturated heterocycles. The number of aromatic nitrogens is 2. The summed E-state index contributed by atoms with van der Waals surface area (Å²) in [4.78, 5) is 17.1. The zero-order chi connectivity index (χ0) is 25.2. The van der Waals surface area contributed by atoms with Gasteiger partial charge in [-0.2, -0.15) is 5.10 Å². The van der Waals surface area contributed by atoms with Crippen LogP contribution >= 0.6 is 0 Å². The van der Waals surface area contributed by atoms with Gasteiger partial charge in [-0.3, -0.25) is 9.79 Å². The van der Waals surface area contributed by atoms with E-state index in [1.54, 1.807) is 20.0 Å². The number of allylic oxidation sites excluding steroid dienone is 4. The minimum Gasteiger partial charge on any atom is -0.491 e. The van der Waals surface area contributed by atoms with Crippen LogP contribution in [0.4, 0.5) is 8.78 Å². The second-order valence-corrected chi connectivity index (χ2v) is 9.22. The summed E-state index contributed by atoms with van der Waals surface area (Å²) in [5, 5.41) is 17.4. The van der Waals surface area contributed by atoms with Gasteiger partial charge in [0, 0.05) is 29.9 Å². The zero-order valence-corrected chi connectivity index (χ0v) is 19.8. The van der Waals surface area contributed by atoms with Crippen molar-refractivity contribution in [2.24, 2.45) is 4.99 Å². The molecule has 1 aliphatic heterocycles. The largest absolute Gasteiger partial charge is 0.491 e. The molecule has 0 saturated carbocycles. The van der Waals surface area contributed by atoms with Gasteiger partial charge >= 0.3 is 0 Å². The van der Waals surface area contributed by atoms with Crippen LogP contribution in [0.15, 0.2) is 76.5 Å². The Balaban J connectivity index is 1.53. The fraction of sp³-hybridized carbons (Fsp3) is 0.346. The van der Waals surface area contributed by atoms with Gasteiger partial charge in [-0.1, -0.05) is 25.1 Å². The molecule has 0 amide bonds. The predicted molar refractivity (Wildman–Crippen MR) is 131 cm³/mol. The topological polar surface area (TPSA) is 88.7 Å². The SMILES string of the molecule is CC(c1cccc(C2=NCC(OCC(C)(C)O)=CN2)c1)c1nn(C2=CC(F)C(F)C=C2)ccc1=O. The number of benzene rings is 1.